The zero-order valence-corrected chi connectivity index (χ0v) is 7.86. The molecule has 0 N–H and O–H groups in total. The Morgan fingerprint density at radius 1 is 1.36 bits per heavy atom. The van der Waals surface area contributed by atoms with Gasteiger partial charge < -0.3 is 18.9 Å². The van der Waals surface area contributed by atoms with Gasteiger partial charge in [-0.1, -0.05) is 0 Å². The minimum absolute atomic E-state index is 0.0568. The predicted octanol–water partition coefficient (Wildman–Crippen LogP) is -0.534. The quantitative estimate of drug-likeness (QED) is 0.197. The molecule has 0 aromatic rings. The molecule has 0 aromatic heterocycles. The van der Waals surface area contributed by atoms with Crippen molar-refractivity contribution in [1.29, 1.82) is 0 Å². The van der Waals surface area contributed by atoms with Crippen LogP contribution in [0.4, 0.5) is 0 Å². The highest BCUT2D eigenvalue weighted by Crippen LogP contribution is 2.08. The lowest BCUT2D eigenvalue weighted by Crippen LogP contribution is -2.23. The summed E-state index contributed by atoms with van der Waals surface area (Å²) in [4.78, 5) is 21.7. The van der Waals surface area contributed by atoms with E-state index in [4.69, 9.17) is 9.47 Å². The summed E-state index contributed by atoms with van der Waals surface area (Å²) in [6, 6.07) is 0. The van der Waals surface area contributed by atoms with E-state index >= 15 is 0 Å². The van der Waals surface area contributed by atoms with Crippen molar-refractivity contribution < 1.29 is 28.5 Å². The lowest BCUT2D eigenvalue weighted by atomic mass is 10.5. The summed E-state index contributed by atoms with van der Waals surface area (Å²) in [5, 5.41) is 0. The second kappa shape index (κ2) is 5.56. The summed E-state index contributed by atoms with van der Waals surface area (Å²) in [5.41, 5.74) is 0. The summed E-state index contributed by atoms with van der Waals surface area (Å²) in [7, 11) is 0. The van der Waals surface area contributed by atoms with Gasteiger partial charge in [0.25, 0.3) is 0 Å². The maximum absolute atomic E-state index is 10.9. The molecule has 0 radical (unpaired) electrons. The summed E-state index contributed by atoms with van der Waals surface area (Å²) in [6.45, 7) is 2.60. The van der Waals surface area contributed by atoms with Crippen LogP contribution < -0.4 is 0 Å². The van der Waals surface area contributed by atoms with E-state index in [9.17, 15) is 9.59 Å². The molecule has 1 aliphatic rings. The maximum Gasteiger partial charge on any atom is 0.419 e. The molecule has 1 aliphatic heterocycles. The van der Waals surface area contributed by atoms with Crippen LogP contribution in [0.25, 0.3) is 0 Å². The zero-order chi connectivity index (χ0) is 10.4. The van der Waals surface area contributed by atoms with Gasteiger partial charge in [0.05, 0.1) is 6.61 Å². The van der Waals surface area contributed by atoms with Crippen LogP contribution in [0.3, 0.4) is 0 Å². The topological polar surface area (TPSA) is 74.4 Å². The molecular formula is C8H12O6. The van der Waals surface area contributed by atoms with Crippen molar-refractivity contribution in [2.24, 2.45) is 0 Å². The van der Waals surface area contributed by atoms with Crippen molar-refractivity contribution >= 4 is 11.9 Å². The number of ether oxygens (including phenoxy) is 4. The summed E-state index contributed by atoms with van der Waals surface area (Å²) >= 11 is 0. The van der Waals surface area contributed by atoms with Gasteiger partial charge in [0.2, 0.25) is 0 Å². The van der Waals surface area contributed by atoms with Crippen LogP contribution in [0.1, 0.15) is 6.92 Å². The first-order chi connectivity index (χ1) is 6.74. The summed E-state index contributed by atoms with van der Waals surface area (Å²) < 4.78 is 18.5. The zero-order valence-electron chi connectivity index (χ0n) is 7.86. The molecule has 0 aliphatic carbocycles. The molecule has 0 bridgehead atoms. The van der Waals surface area contributed by atoms with Crippen molar-refractivity contribution in [3.8, 4) is 0 Å². The standard InChI is InChI=1S/C8H12O6/c1-2-11-5-14-8(10)7(9)13-4-6-3-12-6/h6H,2-5H2,1H3. The Bertz CT molecular complexity index is 210. The summed E-state index contributed by atoms with van der Waals surface area (Å²) in [6.07, 6.45) is -0.0568. The number of hydrogen-bond acceptors (Lipinski definition) is 6. The van der Waals surface area contributed by atoms with Crippen LogP contribution in [0, 0.1) is 0 Å². The largest absolute Gasteiger partial charge is 0.454 e. The SMILES string of the molecule is CCOCOC(=O)C(=O)OCC1CO1. The highest BCUT2D eigenvalue weighted by atomic mass is 16.7. The molecule has 6 heteroatoms. The van der Waals surface area contributed by atoms with Crippen molar-refractivity contribution in [2.75, 3.05) is 26.6 Å². The Morgan fingerprint density at radius 3 is 2.57 bits per heavy atom. The molecule has 80 valence electrons. The van der Waals surface area contributed by atoms with Gasteiger partial charge in [-0.15, -0.1) is 0 Å². The second-order valence-corrected chi connectivity index (χ2v) is 2.60. The molecule has 0 spiro atoms. The smallest absolute Gasteiger partial charge is 0.419 e. The van der Waals surface area contributed by atoms with E-state index < -0.39 is 11.9 Å². The van der Waals surface area contributed by atoms with Crippen LogP contribution in [0.2, 0.25) is 0 Å². The van der Waals surface area contributed by atoms with Crippen LogP contribution in [0.5, 0.6) is 0 Å². The fraction of sp³-hybridized carbons (Fsp3) is 0.750. The lowest BCUT2D eigenvalue weighted by Gasteiger charge is -2.03. The highest BCUT2D eigenvalue weighted by Gasteiger charge is 2.26. The Kier molecular flexibility index (Phi) is 4.34. The molecule has 1 unspecified atom stereocenters. The molecule has 1 fully saturated rings. The third-order valence-electron chi connectivity index (χ3n) is 1.45. The monoisotopic (exact) mass is 204 g/mol. The second-order valence-electron chi connectivity index (χ2n) is 2.60. The predicted molar refractivity (Wildman–Crippen MR) is 43.3 cm³/mol. The number of carbonyl (C=O) groups is 2. The van der Waals surface area contributed by atoms with Gasteiger partial charge in [0.1, 0.15) is 12.7 Å². The first-order valence-corrected chi connectivity index (χ1v) is 4.27. The number of esters is 2. The maximum atomic E-state index is 10.9. The number of hydrogen-bond donors (Lipinski definition) is 0. The molecule has 1 rings (SSSR count). The van der Waals surface area contributed by atoms with E-state index in [2.05, 4.69) is 9.47 Å². The fourth-order valence-electron chi connectivity index (χ4n) is 0.629. The average molecular weight is 204 g/mol. The molecular weight excluding hydrogens is 192 g/mol. The Hall–Kier alpha value is -1.14. The minimum Gasteiger partial charge on any atom is -0.454 e. The fourth-order valence-corrected chi connectivity index (χ4v) is 0.629. The first kappa shape index (κ1) is 10.9. The summed E-state index contributed by atoms with van der Waals surface area (Å²) in [5.74, 6) is -2.06. The van der Waals surface area contributed by atoms with E-state index in [0.717, 1.165) is 0 Å². The van der Waals surface area contributed by atoms with Gasteiger partial charge in [-0.25, -0.2) is 9.59 Å². The van der Waals surface area contributed by atoms with Gasteiger partial charge in [-0.05, 0) is 6.92 Å². The minimum atomic E-state index is -1.04. The van der Waals surface area contributed by atoms with E-state index in [1.54, 1.807) is 6.92 Å². The van der Waals surface area contributed by atoms with Gasteiger partial charge in [-0.2, -0.15) is 0 Å². The van der Waals surface area contributed by atoms with E-state index in [0.29, 0.717) is 13.2 Å². The molecule has 1 atom stereocenters. The van der Waals surface area contributed by atoms with E-state index in [1.165, 1.54) is 0 Å². The van der Waals surface area contributed by atoms with Gasteiger partial charge in [0.15, 0.2) is 6.79 Å². The third kappa shape index (κ3) is 4.20. The van der Waals surface area contributed by atoms with Crippen LogP contribution in [0.15, 0.2) is 0 Å². The number of carbonyl (C=O) groups excluding carboxylic acids is 2. The van der Waals surface area contributed by atoms with Crippen molar-refractivity contribution in [2.45, 2.75) is 13.0 Å². The molecule has 0 aromatic carbocycles. The van der Waals surface area contributed by atoms with Crippen LogP contribution in [-0.4, -0.2) is 44.7 Å². The normalized spacial score (nSPS) is 18.8. The van der Waals surface area contributed by atoms with Gasteiger partial charge >= 0.3 is 11.9 Å². The average Bonchev–Trinajstić information content (AvgIpc) is 2.98. The molecule has 0 saturated carbocycles. The lowest BCUT2D eigenvalue weighted by molar-refractivity contribution is -0.175. The Balaban J connectivity index is 2.05. The van der Waals surface area contributed by atoms with Gasteiger partial charge in [-0.3, -0.25) is 0 Å². The Morgan fingerprint density at radius 2 is 2.00 bits per heavy atom. The van der Waals surface area contributed by atoms with E-state index in [-0.39, 0.29) is 19.5 Å². The molecule has 0 amide bonds. The van der Waals surface area contributed by atoms with Crippen molar-refractivity contribution in [3.63, 3.8) is 0 Å². The highest BCUT2D eigenvalue weighted by molar-refractivity contribution is 6.29. The van der Waals surface area contributed by atoms with Gasteiger partial charge in [0, 0.05) is 6.61 Å². The molecule has 1 saturated heterocycles. The molecule has 14 heavy (non-hydrogen) atoms. The van der Waals surface area contributed by atoms with Crippen molar-refractivity contribution in [3.05, 3.63) is 0 Å². The van der Waals surface area contributed by atoms with E-state index in [1.807, 2.05) is 0 Å². The third-order valence-corrected chi connectivity index (χ3v) is 1.45. The van der Waals surface area contributed by atoms with Crippen molar-refractivity contribution in [1.82, 2.24) is 0 Å². The number of rotatable bonds is 5. The first-order valence-electron chi connectivity index (χ1n) is 4.27. The van der Waals surface area contributed by atoms with Crippen LogP contribution >= 0.6 is 0 Å². The molecule has 1 heterocycles. The number of epoxide rings is 1. The van der Waals surface area contributed by atoms with Crippen LogP contribution in [-0.2, 0) is 28.5 Å². The molecule has 6 nitrogen and oxygen atoms in total. The Labute approximate surface area is 81.1 Å².